The van der Waals surface area contributed by atoms with Crippen LogP contribution in [0.15, 0.2) is 36.5 Å². The summed E-state index contributed by atoms with van der Waals surface area (Å²) < 4.78 is 16.8. The molecule has 0 saturated heterocycles. The number of esters is 3. The second-order valence-corrected chi connectivity index (χ2v) is 18.5. The fourth-order valence-electron chi connectivity index (χ4n) is 7.94. The second-order valence-electron chi connectivity index (χ2n) is 18.5. The molecule has 0 aromatic rings. The van der Waals surface area contributed by atoms with Crippen LogP contribution in [0.4, 0.5) is 0 Å². The Labute approximate surface area is 391 Å². The fourth-order valence-corrected chi connectivity index (χ4v) is 7.94. The van der Waals surface area contributed by atoms with E-state index in [4.69, 9.17) is 14.2 Å². The summed E-state index contributed by atoms with van der Waals surface area (Å²) in [7, 11) is 0. The van der Waals surface area contributed by atoms with Crippen LogP contribution in [0.3, 0.4) is 0 Å². The predicted molar refractivity (Wildman–Crippen MR) is 270 cm³/mol. The number of rotatable bonds is 50. The minimum absolute atomic E-state index is 0.0733. The minimum Gasteiger partial charge on any atom is -0.462 e. The minimum atomic E-state index is -0.774. The van der Waals surface area contributed by atoms with Gasteiger partial charge in [-0.15, -0.1) is 0 Å². The molecule has 0 rings (SSSR count). The Bertz CT molecular complexity index is 1060. The zero-order valence-electron chi connectivity index (χ0n) is 42.1. The Kier molecular flexibility index (Phi) is 50.3. The monoisotopic (exact) mass is 885 g/mol. The molecule has 368 valence electrons. The molecule has 0 aliphatic carbocycles. The van der Waals surface area contributed by atoms with Crippen LogP contribution in [-0.4, -0.2) is 37.2 Å². The number of hydrogen-bond donors (Lipinski definition) is 0. The van der Waals surface area contributed by atoms with Gasteiger partial charge in [0.2, 0.25) is 0 Å². The lowest BCUT2D eigenvalue weighted by molar-refractivity contribution is -0.167. The highest BCUT2D eigenvalue weighted by Gasteiger charge is 2.19. The molecule has 0 fully saturated rings. The first-order valence-corrected chi connectivity index (χ1v) is 27.5. The van der Waals surface area contributed by atoms with E-state index in [1.807, 2.05) is 0 Å². The zero-order chi connectivity index (χ0) is 45.8. The van der Waals surface area contributed by atoms with Crippen molar-refractivity contribution in [3.8, 4) is 0 Å². The third kappa shape index (κ3) is 50.5. The molecule has 63 heavy (non-hydrogen) atoms. The van der Waals surface area contributed by atoms with Gasteiger partial charge in [-0.25, -0.2) is 0 Å². The number of ether oxygens (including phenoxy) is 3. The molecule has 1 unspecified atom stereocenters. The van der Waals surface area contributed by atoms with Crippen molar-refractivity contribution < 1.29 is 28.6 Å². The summed E-state index contributed by atoms with van der Waals surface area (Å²) in [6, 6.07) is 0. The van der Waals surface area contributed by atoms with Crippen molar-refractivity contribution in [2.24, 2.45) is 0 Å². The maximum Gasteiger partial charge on any atom is 0.306 e. The van der Waals surface area contributed by atoms with Crippen molar-refractivity contribution in [1.82, 2.24) is 0 Å². The maximum atomic E-state index is 12.8. The summed E-state index contributed by atoms with van der Waals surface area (Å²) in [6.45, 7) is 6.62. The number of carbonyl (C=O) groups is 3. The summed E-state index contributed by atoms with van der Waals surface area (Å²) >= 11 is 0. The van der Waals surface area contributed by atoms with E-state index in [9.17, 15) is 14.4 Å². The standard InChI is InChI=1S/C57H104O6/c1-4-7-10-13-16-19-22-24-26-28-30-32-35-38-41-44-47-50-56(59)62-53-54(52-61-55(58)49-46-43-40-37-34-21-18-15-12-9-6-3)63-57(60)51-48-45-42-39-36-33-31-29-27-25-23-20-17-14-11-8-5-2/h16,19,24-27,54H,4-15,17-18,20-23,28-53H2,1-3H3/b19-16-,26-24-,27-25-. The summed E-state index contributed by atoms with van der Waals surface area (Å²) in [4.78, 5) is 38.0. The van der Waals surface area contributed by atoms with Crippen LogP contribution in [0.25, 0.3) is 0 Å². The van der Waals surface area contributed by atoms with Gasteiger partial charge in [0.25, 0.3) is 0 Å². The average Bonchev–Trinajstić information content (AvgIpc) is 3.28. The van der Waals surface area contributed by atoms with Crippen LogP contribution in [0.1, 0.15) is 290 Å². The molecule has 6 nitrogen and oxygen atoms in total. The first kappa shape index (κ1) is 60.6. The van der Waals surface area contributed by atoms with Gasteiger partial charge in [-0.05, 0) is 77.0 Å². The number of unbranched alkanes of at least 4 members (excludes halogenated alkanes) is 33. The molecule has 0 N–H and O–H groups in total. The summed E-state index contributed by atoms with van der Waals surface area (Å²) in [5, 5.41) is 0. The van der Waals surface area contributed by atoms with E-state index < -0.39 is 6.10 Å². The van der Waals surface area contributed by atoms with E-state index in [-0.39, 0.29) is 31.1 Å². The highest BCUT2D eigenvalue weighted by atomic mass is 16.6. The average molecular weight is 885 g/mol. The third-order valence-corrected chi connectivity index (χ3v) is 12.1. The molecular formula is C57H104O6. The van der Waals surface area contributed by atoms with Crippen molar-refractivity contribution in [2.75, 3.05) is 13.2 Å². The van der Waals surface area contributed by atoms with Gasteiger partial charge in [0.1, 0.15) is 13.2 Å². The van der Waals surface area contributed by atoms with Gasteiger partial charge in [-0.2, -0.15) is 0 Å². The molecule has 0 aliphatic rings. The van der Waals surface area contributed by atoms with Crippen LogP contribution in [0, 0.1) is 0 Å². The molecule has 0 radical (unpaired) electrons. The van der Waals surface area contributed by atoms with Gasteiger partial charge >= 0.3 is 17.9 Å². The van der Waals surface area contributed by atoms with Gasteiger partial charge in [-0.3, -0.25) is 14.4 Å². The van der Waals surface area contributed by atoms with E-state index in [0.717, 1.165) is 70.6 Å². The van der Waals surface area contributed by atoms with E-state index >= 15 is 0 Å². The topological polar surface area (TPSA) is 78.9 Å². The fraction of sp³-hybridized carbons (Fsp3) is 0.842. The van der Waals surface area contributed by atoms with Gasteiger partial charge in [-0.1, -0.05) is 231 Å². The third-order valence-electron chi connectivity index (χ3n) is 12.1. The lowest BCUT2D eigenvalue weighted by atomic mass is 10.1. The molecule has 0 heterocycles. The molecule has 0 aliphatic heterocycles. The first-order valence-electron chi connectivity index (χ1n) is 27.5. The van der Waals surface area contributed by atoms with E-state index in [1.165, 1.54) is 180 Å². The Morgan fingerprint density at radius 1 is 0.317 bits per heavy atom. The van der Waals surface area contributed by atoms with Crippen LogP contribution >= 0.6 is 0 Å². The number of hydrogen-bond acceptors (Lipinski definition) is 6. The van der Waals surface area contributed by atoms with Crippen molar-refractivity contribution in [1.29, 1.82) is 0 Å². The van der Waals surface area contributed by atoms with Crippen molar-refractivity contribution in [2.45, 2.75) is 297 Å². The molecule has 0 saturated carbocycles. The quantitative estimate of drug-likeness (QED) is 0.0262. The van der Waals surface area contributed by atoms with Gasteiger partial charge in [0.15, 0.2) is 6.10 Å². The lowest BCUT2D eigenvalue weighted by Gasteiger charge is -2.18. The first-order chi connectivity index (χ1) is 31.0. The van der Waals surface area contributed by atoms with Crippen molar-refractivity contribution in [3.05, 3.63) is 36.5 Å². The maximum absolute atomic E-state index is 12.8. The molecule has 6 heteroatoms. The summed E-state index contributed by atoms with van der Waals surface area (Å²) in [5.41, 5.74) is 0. The van der Waals surface area contributed by atoms with Gasteiger partial charge < -0.3 is 14.2 Å². The van der Waals surface area contributed by atoms with Crippen molar-refractivity contribution >= 4 is 17.9 Å². The SMILES string of the molecule is CCCCC/C=C\C/C=C\CCCCCCCCCC(=O)OCC(COC(=O)CCCCCCCCCCCCC)OC(=O)CCCCCCCCC/C=C\CCCCCCCC. The molecule has 0 bridgehead atoms. The Balaban J connectivity index is 4.34. The number of allylic oxidation sites excluding steroid dienone is 6. The Morgan fingerprint density at radius 2 is 0.571 bits per heavy atom. The smallest absolute Gasteiger partial charge is 0.306 e. The molecule has 0 aromatic carbocycles. The van der Waals surface area contributed by atoms with Crippen LogP contribution in [0.5, 0.6) is 0 Å². The van der Waals surface area contributed by atoms with E-state index in [2.05, 4.69) is 57.2 Å². The van der Waals surface area contributed by atoms with Gasteiger partial charge in [0.05, 0.1) is 0 Å². The highest BCUT2D eigenvalue weighted by molar-refractivity contribution is 5.71. The second kappa shape index (κ2) is 52.3. The molecule has 0 aromatic heterocycles. The van der Waals surface area contributed by atoms with Crippen LogP contribution < -0.4 is 0 Å². The van der Waals surface area contributed by atoms with Crippen molar-refractivity contribution in [3.63, 3.8) is 0 Å². The van der Waals surface area contributed by atoms with Crippen LogP contribution in [-0.2, 0) is 28.6 Å². The Hall–Kier alpha value is -2.37. The molecule has 1 atom stereocenters. The normalized spacial score (nSPS) is 12.2. The zero-order valence-corrected chi connectivity index (χ0v) is 42.1. The van der Waals surface area contributed by atoms with E-state index in [1.54, 1.807) is 0 Å². The largest absolute Gasteiger partial charge is 0.462 e. The predicted octanol–water partition coefficient (Wildman–Crippen LogP) is 18.1. The van der Waals surface area contributed by atoms with Crippen LogP contribution in [0.2, 0.25) is 0 Å². The van der Waals surface area contributed by atoms with E-state index in [0.29, 0.717) is 19.3 Å². The summed E-state index contributed by atoms with van der Waals surface area (Å²) in [5.74, 6) is -0.874. The molecular weight excluding hydrogens is 781 g/mol. The summed E-state index contributed by atoms with van der Waals surface area (Å²) in [6.07, 6.45) is 61.2. The highest BCUT2D eigenvalue weighted by Crippen LogP contribution is 2.15. The van der Waals surface area contributed by atoms with Gasteiger partial charge in [0, 0.05) is 19.3 Å². The molecule has 0 amide bonds. The lowest BCUT2D eigenvalue weighted by Crippen LogP contribution is -2.30. The number of carbonyl (C=O) groups excluding carboxylic acids is 3. The Morgan fingerprint density at radius 3 is 0.921 bits per heavy atom. The molecule has 0 spiro atoms.